The number of nitrogens with one attached hydrogen (secondary N) is 1. The third-order valence-corrected chi connectivity index (χ3v) is 4.08. The lowest BCUT2D eigenvalue weighted by atomic mass is 10.2. The van der Waals surface area contributed by atoms with Gasteiger partial charge in [0.2, 0.25) is 5.91 Å². The minimum Gasteiger partial charge on any atom is -0.388 e. The van der Waals surface area contributed by atoms with Gasteiger partial charge in [-0.05, 0) is 13.1 Å². The minimum absolute atomic E-state index is 0.0196. The quantitative estimate of drug-likeness (QED) is 0.406. The van der Waals surface area contributed by atoms with Crippen molar-refractivity contribution in [3.05, 3.63) is 11.8 Å². The number of likely N-dealkylation sites (N-methyl/N-ethyl adjacent to an activating group) is 1. The Morgan fingerprint density at radius 2 is 1.74 bits per heavy atom. The van der Waals surface area contributed by atoms with Crippen LogP contribution in [0.25, 0.3) is 0 Å². The molecule has 1 heterocycles. The van der Waals surface area contributed by atoms with Gasteiger partial charge >= 0.3 is 0 Å². The number of carbonyl (C=O) groups is 2. The lowest BCUT2D eigenvalue weighted by Crippen LogP contribution is -2.50. The molecule has 0 unspecified atom stereocenters. The molecule has 0 aromatic heterocycles. The van der Waals surface area contributed by atoms with E-state index >= 15 is 0 Å². The molecule has 0 aliphatic carbocycles. The lowest BCUT2D eigenvalue weighted by molar-refractivity contribution is -0.136. The van der Waals surface area contributed by atoms with Crippen LogP contribution in [0.5, 0.6) is 0 Å². The molecule has 128 valence electrons. The molecule has 1 saturated heterocycles. The number of hydrogen-bond donors (Lipinski definition) is 1. The Balaban J connectivity index is 2.48. The minimum atomic E-state index is -0.272. The molecule has 1 aliphatic heterocycles. The summed E-state index contributed by atoms with van der Waals surface area (Å²) in [6.07, 6.45) is 1.50. The number of carbonyl (C=O) groups excluding carboxylic acids is 2. The molecule has 0 aromatic rings. The van der Waals surface area contributed by atoms with Crippen molar-refractivity contribution in [1.82, 2.24) is 20.0 Å². The van der Waals surface area contributed by atoms with Crippen LogP contribution < -0.4 is 5.32 Å². The van der Waals surface area contributed by atoms with Gasteiger partial charge in [-0.3, -0.25) is 9.59 Å². The third-order valence-electron chi connectivity index (χ3n) is 4.08. The first-order valence-electron chi connectivity index (χ1n) is 8.14. The van der Waals surface area contributed by atoms with Crippen molar-refractivity contribution in [2.75, 3.05) is 52.4 Å². The molecular weight excluding hydrogens is 294 g/mol. The predicted octanol–water partition coefficient (Wildman–Crippen LogP) is 0.0160. The van der Waals surface area contributed by atoms with Crippen molar-refractivity contribution in [1.29, 1.82) is 5.26 Å². The Hall–Kier alpha value is -2.07. The summed E-state index contributed by atoms with van der Waals surface area (Å²) in [5.74, 6) is -0.253. The van der Waals surface area contributed by atoms with E-state index in [0.29, 0.717) is 32.7 Å². The van der Waals surface area contributed by atoms with Crippen molar-refractivity contribution in [2.45, 2.75) is 20.8 Å². The Kier molecular flexibility index (Phi) is 8.13. The standard InChI is InChI=1S/C16H27N5O2/c1-4-19(5-2)7-6-18-13-15(12-17)16(23)21-10-8-20(9-11-21)14(3)22/h13,18H,4-11H2,1-3H3/b15-13-. The van der Waals surface area contributed by atoms with E-state index in [4.69, 9.17) is 0 Å². The van der Waals surface area contributed by atoms with E-state index in [1.807, 2.05) is 6.07 Å². The number of amides is 2. The maximum absolute atomic E-state index is 12.3. The average molecular weight is 321 g/mol. The second-order valence-corrected chi connectivity index (χ2v) is 5.45. The molecule has 0 saturated carbocycles. The van der Waals surface area contributed by atoms with Crippen LogP contribution in [-0.4, -0.2) is 78.9 Å². The van der Waals surface area contributed by atoms with Gasteiger partial charge < -0.3 is 20.0 Å². The van der Waals surface area contributed by atoms with Crippen LogP contribution in [0.3, 0.4) is 0 Å². The van der Waals surface area contributed by atoms with Gasteiger partial charge in [-0.15, -0.1) is 0 Å². The fraction of sp³-hybridized carbons (Fsp3) is 0.688. The van der Waals surface area contributed by atoms with Crippen molar-refractivity contribution in [3.8, 4) is 6.07 Å². The molecule has 1 rings (SSSR count). The zero-order valence-corrected chi connectivity index (χ0v) is 14.3. The second kappa shape index (κ2) is 9.85. The first kappa shape index (κ1) is 19.0. The average Bonchev–Trinajstić information content (AvgIpc) is 2.58. The van der Waals surface area contributed by atoms with Crippen LogP contribution >= 0.6 is 0 Å². The fourth-order valence-electron chi connectivity index (χ4n) is 2.47. The molecule has 1 aliphatic rings. The van der Waals surface area contributed by atoms with Crippen LogP contribution in [0, 0.1) is 11.3 Å². The van der Waals surface area contributed by atoms with Crippen molar-refractivity contribution in [2.24, 2.45) is 0 Å². The summed E-state index contributed by atoms with van der Waals surface area (Å²) in [4.78, 5) is 29.2. The fourth-order valence-corrected chi connectivity index (χ4v) is 2.47. The Labute approximate surface area is 138 Å². The summed E-state index contributed by atoms with van der Waals surface area (Å²) < 4.78 is 0. The Bertz CT molecular complexity index is 471. The summed E-state index contributed by atoms with van der Waals surface area (Å²) in [5.41, 5.74) is 0.112. The largest absolute Gasteiger partial charge is 0.388 e. The van der Waals surface area contributed by atoms with Gasteiger partial charge in [0.05, 0.1) is 0 Å². The van der Waals surface area contributed by atoms with Crippen LogP contribution in [-0.2, 0) is 9.59 Å². The van der Waals surface area contributed by atoms with E-state index in [-0.39, 0.29) is 17.4 Å². The number of nitrogens with zero attached hydrogens (tertiary/aromatic N) is 4. The summed E-state index contributed by atoms with van der Waals surface area (Å²) in [7, 11) is 0. The number of nitriles is 1. The van der Waals surface area contributed by atoms with E-state index in [1.54, 1.807) is 9.80 Å². The summed E-state index contributed by atoms with van der Waals surface area (Å²) in [6.45, 7) is 11.2. The number of piperazine rings is 1. The maximum Gasteiger partial charge on any atom is 0.266 e. The third kappa shape index (κ3) is 5.91. The molecule has 1 fully saturated rings. The zero-order chi connectivity index (χ0) is 17.2. The zero-order valence-electron chi connectivity index (χ0n) is 14.3. The van der Waals surface area contributed by atoms with Gasteiger partial charge in [0.25, 0.3) is 5.91 Å². The monoisotopic (exact) mass is 321 g/mol. The molecule has 2 amide bonds. The van der Waals surface area contributed by atoms with E-state index < -0.39 is 0 Å². The van der Waals surface area contributed by atoms with Crippen LogP contribution in [0.2, 0.25) is 0 Å². The van der Waals surface area contributed by atoms with Gasteiger partial charge in [0, 0.05) is 52.4 Å². The van der Waals surface area contributed by atoms with E-state index in [1.165, 1.54) is 13.1 Å². The highest BCUT2D eigenvalue weighted by molar-refractivity contribution is 5.97. The molecule has 0 spiro atoms. The normalized spacial score (nSPS) is 15.5. The first-order chi connectivity index (χ1) is 11.0. The van der Waals surface area contributed by atoms with Gasteiger partial charge in [-0.25, -0.2) is 0 Å². The molecule has 7 heteroatoms. The van der Waals surface area contributed by atoms with Crippen molar-refractivity contribution in [3.63, 3.8) is 0 Å². The van der Waals surface area contributed by atoms with Crippen LogP contribution in [0.4, 0.5) is 0 Å². The topological polar surface area (TPSA) is 79.7 Å². The van der Waals surface area contributed by atoms with Gasteiger partial charge in [0.15, 0.2) is 0 Å². The molecule has 0 aromatic carbocycles. The summed E-state index contributed by atoms with van der Waals surface area (Å²) in [5, 5.41) is 12.2. The molecule has 1 N–H and O–H groups in total. The molecule has 7 nitrogen and oxygen atoms in total. The molecular formula is C16H27N5O2. The van der Waals surface area contributed by atoms with Crippen LogP contribution in [0.15, 0.2) is 11.8 Å². The van der Waals surface area contributed by atoms with Crippen LogP contribution in [0.1, 0.15) is 20.8 Å². The highest BCUT2D eigenvalue weighted by Gasteiger charge is 2.24. The number of hydrogen-bond acceptors (Lipinski definition) is 5. The highest BCUT2D eigenvalue weighted by atomic mass is 16.2. The van der Waals surface area contributed by atoms with Crippen molar-refractivity contribution < 1.29 is 9.59 Å². The molecule has 23 heavy (non-hydrogen) atoms. The van der Waals surface area contributed by atoms with Crippen molar-refractivity contribution >= 4 is 11.8 Å². The van der Waals surface area contributed by atoms with Gasteiger partial charge in [-0.1, -0.05) is 13.8 Å². The Morgan fingerprint density at radius 1 is 1.17 bits per heavy atom. The molecule has 0 atom stereocenters. The second-order valence-electron chi connectivity index (χ2n) is 5.45. The van der Waals surface area contributed by atoms with E-state index in [9.17, 15) is 14.9 Å². The predicted molar refractivity (Wildman–Crippen MR) is 88.3 cm³/mol. The lowest BCUT2D eigenvalue weighted by Gasteiger charge is -2.34. The van der Waals surface area contributed by atoms with Gasteiger partial charge in [-0.2, -0.15) is 5.26 Å². The highest BCUT2D eigenvalue weighted by Crippen LogP contribution is 2.06. The SMILES string of the molecule is CCN(CC)CCN/C=C(/C#N)C(=O)N1CCN(C(C)=O)CC1. The van der Waals surface area contributed by atoms with E-state index in [2.05, 4.69) is 24.1 Å². The summed E-state index contributed by atoms with van der Waals surface area (Å²) >= 11 is 0. The van der Waals surface area contributed by atoms with E-state index in [0.717, 1.165) is 19.6 Å². The number of rotatable bonds is 7. The maximum atomic E-state index is 12.3. The van der Waals surface area contributed by atoms with Gasteiger partial charge in [0.1, 0.15) is 11.6 Å². The molecule has 0 radical (unpaired) electrons. The first-order valence-corrected chi connectivity index (χ1v) is 8.14. The Morgan fingerprint density at radius 3 is 2.22 bits per heavy atom. The summed E-state index contributed by atoms with van der Waals surface area (Å²) in [6, 6.07) is 1.96. The molecule has 0 bridgehead atoms. The smallest absolute Gasteiger partial charge is 0.266 e.